The van der Waals surface area contributed by atoms with Gasteiger partial charge in [-0.15, -0.1) is 0 Å². The van der Waals surface area contributed by atoms with Gasteiger partial charge in [-0.25, -0.2) is 24.3 Å². The van der Waals surface area contributed by atoms with E-state index in [1.54, 1.807) is 13.8 Å². The van der Waals surface area contributed by atoms with Crippen molar-refractivity contribution in [1.82, 2.24) is 29.7 Å². The van der Waals surface area contributed by atoms with Gasteiger partial charge in [0, 0.05) is 29.8 Å². The number of aryl methyl sites for hydroxylation is 2. The summed E-state index contributed by atoms with van der Waals surface area (Å²) in [6.07, 6.45) is 1.35. The molecule has 4 atom stereocenters. The first kappa shape index (κ1) is 24.8. The van der Waals surface area contributed by atoms with Gasteiger partial charge in [-0.1, -0.05) is 6.92 Å². The molecule has 7 nitrogen and oxygen atoms in total. The van der Waals surface area contributed by atoms with Crippen LogP contribution in [0.5, 0.6) is 0 Å². The zero-order valence-electron chi connectivity index (χ0n) is 21.1. The standard InChI is InChI=1S/C27H26F4N6O/c1-13-8-21(13)37-12-17(11-32-37)22-9-16(6-7-38-22)25-35-23(24-26(36-25)34-15(3)14(2)33-24)19-5-4-18(10-20(19)28)27(29,30)31/h4-5,10-13,16,21-22H,6-9H2,1-3H3/t13?,16-,21?,22+/m0/s1. The summed E-state index contributed by atoms with van der Waals surface area (Å²) in [6.45, 7) is 6.22. The monoisotopic (exact) mass is 526 g/mol. The van der Waals surface area contributed by atoms with Crippen molar-refractivity contribution >= 4 is 11.2 Å². The molecular formula is C27H26F4N6O. The first-order chi connectivity index (χ1) is 18.1. The third-order valence-corrected chi connectivity index (χ3v) is 7.56. The van der Waals surface area contributed by atoms with Crippen LogP contribution in [0.4, 0.5) is 17.6 Å². The molecule has 11 heteroatoms. The summed E-state index contributed by atoms with van der Waals surface area (Å²) in [5.74, 6) is -0.0924. The summed E-state index contributed by atoms with van der Waals surface area (Å²) in [5.41, 5.74) is 1.77. The molecule has 1 aliphatic carbocycles. The van der Waals surface area contributed by atoms with Crippen molar-refractivity contribution in [3.8, 4) is 11.3 Å². The molecule has 0 amide bonds. The van der Waals surface area contributed by atoms with Crippen LogP contribution in [0, 0.1) is 25.6 Å². The van der Waals surface area contributed by atoms with Gasteiger partial charge in [0.1, 0.15) is 22.9 Å². The van der Waals surface area contributed by atoms with Crippen molar-refractivity contribution in [2.45, 2.75) is 64.3 Å². The van der Waals surface area contributed by atoms with E-state index in [4.69, 9.17) is 9.72 Å². The van der Waals surface area contributed by atoms with Crippen LogP contribution in [0.15, 0.2) is 30.6 Å². The van der Waals surface area contributed by atoms with Crippen LogP contribution in [0.25, 0.3) is 22.4 Å². The Morgan fingerprint density at radius 3 is 2.50 bits per heavy atom. The SMILES string of the molecule is Cc1nc2nc([C@H]3CCO[C@@H](c4cnn(C5CC5C)c4)C3)nc(-c3ccc(C(F)(F)F)cc3F)c2nc1C. The van der Waals surface area contributed by atoms with Gasteiger partial charge in [-0.3, -0.25) is 4.68 Å². The topological polar surface area (TPSA) is 78.6 Å². The van der Waals surface area contributed by atoms with Crippen LogP contribution in [-0.4, -0.2) is 36.3 Å². The molecule has 1 aliphatic heterocycles. The maximum Gasteiger partial charge on any atom is 0.416 e. The number of nitrogens with zero attached hydrogens (tertiary/aromatic N) is 6. The minimum atomic E-state index is -4.66. The summed E-state index contributed by atoms with van der Waals surface area (Å²) in [7, 11) is 0. The molecule has 0 radical (unpaired) electrons. The maximum absolute atomic E-state index is 15.1. The van der Waals surface area contributed by atoms with E-state index in [2.05, 4.69) is 27.0 Å². The second kappa shape index (κ2) is 9.07. The van der Waals surface area contributed by atoms with E-state index < -0.39 is 17.6 Å². The lowest BCUT2D eigenvalue weighted by atomic mass is 9.92. The number of ether oxygens (including phenoxy) is 1. The van der Waals surface area contributed by atoms with Crippen LogP contribution in [0.3, 0.4) is 0 Å². The van der Waals surface area contributed by atoms with Gasteiger partial charge in [0.25, 0.3) is 0 Å². The van der Waals surface area contributed by atoms with Crippen molar-refractivity contribution in [2.75, 3.05) is 6.61 Å². The smallest absolute Gasteiger partial charge is 0.373 e. The number of benzene rings is 1. The molecule has 0 bridgehead atoms. The highest BCUT2D eigenvalue weighted by Crippen LogP contribution is 2.43. The zero-order chi connectivity index (χ0) is 26.8. The second-order valence-corrected chi connectivity index (χ2v) is 10.3. The minimum absolute atomic E-state index is 0.0763. The Kier molecular flexibility index (Phi) is 5.93. The predicted octanol–water partition coefficient (Wildman–Crippen LogP) is 6.27. The molecule has 198 valence electrons. The highest BCUT2D eigenvalue weighted by Gasteiger charge is 2.36. The molecule has 4 aromatic rings. The van der Waals surface area contributed by atoms with E-state index in [0.717, 1.165) is 24.1 Å². The van der Waals surface area contributed by atoms with E-state index in [-0.39, 0.29) is 34.4 Å². The first-order valence-electron chi connectivity index (χ1n) is 12.6. The normalized spacial score (nSPS) is 23.7. The van der Waals surface area contributed by atoms with E-state index in [1.807, 2.05) is 17.1 Å². The van der Waals surface area contributed by atoms with Crippen LogP contribution in [-0.2, 0) is 10.9 Å². The van der Waals surface area contributed by atoms with Crippen LogP contribution in [0.2, 0.25) is 0 Å². The molecule has 1 saturated heterocycles. The molecule has 1 saturated carbocycles. The Labute approximate surface area is 216 Å². The van der Waals surface area contributed by atoms with Gasteiger partial charge in [-0.2, -0.15) is 18.3 Å². The molecule has 0 N–H and O–H groups in total. The lowest BCUT2D eigenvalue weighted by molar-refractivity contribution is -0.137. The summed E-state index contributed by atoms with van der Waals surface area (Å²) < 4.78 is 62.7. The fourth-order valence-electron chi connectivity index (χ4n) is 5.02. The van der Waals surface area contributed by atoms with Gasteiger partial charge >= 0.3 is 6.18 Å². The Balaban J connectivity index is 1.39. The summed E-state index contributed by atoms with van der Waals surface area (Å²) in [6, 6.07) is 2.86. The van der Waals surface area contributed by atoms with Crippen molar-refractivity contribution in [3.05, 3.63) is 64.7 Å². The third kappa shape index (κ3) is 4.53. The molecule has 6 rings (SSSR count). The number of hydrogen-bond donors (Lipinski definition) is 0. The van der Waals surface area contributed by atoms with Gasteiger partial charge in [0.05, 0.1) is 35.3 Å². The Morgan fingerprint density at radius 2 is 1.79 bits per heavy atom. The predicted molar refractivity (Wildman–Crippen MR) is 131 cm³/mol. The fraction of sp³-hybridized carbons (Fsp3) is 0.444. The third-order valence-electron chi connectivity index (χ3n) is 7.56. The molecule has 1 aromatic carbocycles. The second-order valence-electron chi connectivity index (χ2n) is 10.3. The summed E-state index contributed by atoms with van der Waals surface area (Å²) in [5, 5.41) is 4.51. The minimum Gasteiger partial charge on any atom is -0.373 e. The molecule has 2 unspecified atom stereocenters. The lowest BCUT2D eigenvalue weighted by Gasteiger charge is -2.28. The Hall–Kier alpha value is -3.47. The van der Waals surface area contributed by atoms with Crippen molar-refractivity contribution in [3.63, 3.8) is 0 Å². The fourth-order valence-corrected chi connectivity index (χ4v) is 5.02. The molecule has 2 aliphatic rings. The van der Waals surface area contributed by atoms with Crippen molar-refractivity contribution in [2.24, 2.45) is 5.92 Å². The number of alkyl halides is 3. The number of hydrogen-bond acceptors (Lipinski definition) is 6. The van der Waals surface area contributed by atoms with E-state index >= 15 is 4.39 Å². The van der Waals surface area contributed by atoms with Crippen LogP contribution < -0.4 is 0 Å². The molecule has 3 aromatic heterocycles. The van der Waals surface area contributed by atoms with E-state index in [1.165, 1.54) is 0 Å². The van der Waals surface area contributed by atoms with Gasteiger partial charge < -0.3 is 4.74 Å². The highest BCUT2D eigenvalue weighted by atomic mass is 19.4. The van der Waals surface area contributed by atoms with Gasteiger partial charge in [0.2, 0.25) is 0 Å². The molecule has 0 spiro atoms. The average molecular weight is 527 g/mol. The molecular weight excluding hydrogens is 500 g/mol. The highest BCUT2D eigenvalue weighted by molar-refractivity contribution is 5.87. The van der Waals surface area contributed by atoms with Gasteiger partial charge in [-0.05, 0) is 57.2 Å². The summed E-state index contributed by atoms with van der Waals surface area (Å²) >= 11 is 0. The number of fused-ring (bicyclic) bond motifs is 1. The number of aromatic nitrogens is 6. The zero-order valence-corrected chi connectivity index (χ0v) is 21.1. The molecule has 38 heavy (non-hydrogen) atoms. The molecule has 2 fully saturated rings. The largest absolute Gasteiger partial charge is 0.416 e. The summed E-state index contributed by atoms with van der Waals surface area (Å²) in [4.78, 5) is 18.5. The first-order valence-corrected chi connectivity index (χ1v) is 12.6. The molecule has 4 heterocycles. The Morgan fingerprint density at radius 1 is 1.03 bits per heavy atom. The average Bonchev–Trinajstić information content (AvgIpc) is 3.40. The lowest BCUT2D eigenvalue weighted by Crippen LogP contribution is -2.20. The maximum atomic E-state index is 15.1. The quantitative estimate of drug-likeness (QED) is 0.292. The van der Waals surface area contributed by atoms with E-state index in [9.17, 15) is 13.2 Å². The van der Waals surface area contributed by atoms with Crippen molar-refractivity contribution in [1.29, 1.82) is 0 Å². The van der Waals surface area contributed by atoms with E-state index in [0.29, 0.717) is 54.7 Å². The van der Waals surface area contributed by atoms with Crippen LogP contribution >= 0.6 is 0 Å². The number of halogens is 4. The number of rotatable bonds is 4. The van der Waals surface area contributed by atoms with Gasteiger partial charge in [0.15, 0.2) is 5.65 Å². The van der Waals surface area contributed by atoms with Crippen molar-refractivity contribution < 1.29 is 22.3 Å². The van der Waals surface area contributed by atoms with Crippen LogP contribution in [0.1, 0.15) is 72.6 Å². The Bertz CT molecular complexity index is 1530.